The minimum atomic E-state index is 0.653. The van der Waals surface area contributed by atoms with Crippen molar-refractivity contribution in [3.05, 3.63) is 24.3 Å². The SMILES string of the molecule is CNc1nc(NCCC(C)C)c2ccccc2n1. The molecule has 0 saturated heterocycles. The van der Waals surface area contributed by atoms with E-state index in [1.54, 1.807) is 0 Å². The lowest BCUT2D eigenvalue weighted by atomic mass is 10.1. The fourth-order valence-electron chi connectivity index (χ4n) is 1.80. The summed E-state index contributed by atoms with van der Waals surface area (Å²) >= 11 is 0. The highest BCUT2D eigenvalue weighted by Crippen LogP contribution is 2.21. The molecule has 0 unspecified atom stereocenters. The Morgan fingerprint density at radius 3 is 2.67 bits per heavy atom. The summed E-state index contributed by atoms with van der Waals surface area (Å²) in [5, 5.41) is 7.47. The predicted octanol–water partition coefficient (Wildman–Crippen LogP) is 3.13. The van der Waals surface area contributed by atoms with E-state index in [-0.39, 0.29) is 0 Å². The second-order valence-corrected chi connectivity index (χ2v) is 4.77. The third-order valence-electron chi connectivity index (χ3n) is 2.84. The molecule has 0 amide bonds. The molecule has 18 heavy (non-hydrogen) atoms. The van der Waals surface area contributed by atoms with Crippen LogP contribution in [0.15, 0.2) is 24.3 Å². The van der Waals surface area contributed by atoms with Crippen LogP contribution >= 0.6 is 0 Å². The molecule has 4 nitrogen and oxygen atoms in total. The molecule has 0 aliphatic carbocycles. The maximum Gasteiger partial charge on any atom is 0.224 e. The molecular formula is C14H20N4. The van der Waals surface area contributed by atoms with E-state index in [0.29, 0.717) is 11.9 Å². The van der Waals surface area contributed by atoms with Gasteiger partial charge in [0.25, 0.3) is 0 Å². The van der Waals surface area contributed by atoms with E-state index in [1.807, 2.05) is 31.3 Å². The van der Waals surface area contributed by atoms with Crippen molar-refractivity contribution < 1.29 is 0 Å². The highest BCUT2D eigenvalue weighted by atomic mass is 15.1. The summed E-state index contributed by atoms with van der Waals surface area (Å²) < 4.78 is 0. The summed E-state index contributed by atoms with van der Waals surface area (Å²) in [6, 6.07) is 8.06. The first-order valence-corrected chi connectivity index (χ1v) is 6.39. The van der Waals surface area contributed by atoms with Crippen molar-refractivity contribution in [1.82, 2.24) is 9.97 Å². The monoisotopic (exact) mass is 244 g/mol. The highest BCUT2D eigenvalue weighted by Gasteiger charge is 2.06. The summed E-state index contributed by atoms with van der Waals surface area (Å²) in [7, 11) is 1.84. The first-order valence-electron chi connectivity index (χ1n) is 6.39. The Morgan fingerprint density at radius 1 is 1.17 bits per heavy atom. The van der Waals surface area contributed by atoms with Crippen LogP contribution in [-0.4, -0.2) is 23.6 Å². The van der Waals surface area contributed by atoms with Gasteiger partial charge in [-0.2, -0.15) is 4.98 Å². The number of rotatable bonds is 5. The molecule has 2 N–H and O–H groups in total. The van der Waals surface area contributed by atoms with Crippen molar-refractivity contribution >= 4 is 22.7 Å². The summed E-state index contributed by atoms with van der Waals surface area (Å²) in [5.74, 6) is 2.25. The third kappa shape index (κ3) is 2.88. The zero-order valence-electron chi connectivity index (χ0n) is 11.2. The van der Waals surface area contributed by atoms with E-state index >= 15 is 0 Å². The van der Waals surface area contributed by atoms with Gasteiger partial charge in [0.2, 0.25) is 5.95 Å². The molecule has 0 fully saturated rings. The van der Waals surface area contributed by atoms with Crippen LogP contribution in [0.4, 0.5) is 11.8 Å². The maximum atomic E-state index is 4.48. The molecule has 2 rings (SSSR count). The van der Waals surface area contributed by atoms with Crippen LogP contribution in [0.25, 0.3) is 10.9 Å². The Bertz CT molecular complexity index is 522. The number of nitrogens with zero attached hydrogens (tertiary/aromatic N) is 2. The standard InChI is InChI=1S/C14H20N4/c1-10(2)8-9-16-13-11-6-4-5-7-12(11)17-14(15-3)18-13/h4-7,10H,8-9H2,1-3H3,(H2,15,16,17,18). The number of para-hydroxylation sites is 1. The van der Waals surface area contributed by atoms with Crippen molar-refractivity contribution in [3.8, 4) is 0 Å². The molecule has 0 radical (unpaired) electrons. The predicted molar refractivity (Wildman–Crippen MR) is 77.0 cm³/mol. The third-order valence-corrected chi connectivity index (χ3v) is 2.84. The first-order chi connectivity index (χ1) is 8.70. The average Bonchev–Trinajstić information content (AvgIpc) is 2.38. The van der Waals surface area contributed by atoms with Gasteiger partial charge < -0.3 is 10.6 Å². The number of hydrogen-bond donors (Lipinski definition) is 2. The number of hydrogen-bond acceptors (Lipinski definition) is 4. The molecule has 4 heteroatoms. The van der Waals surface area contributed by atoms with Gasteiger partial charge in [-0.15, -0.1) is 0 Å². The molecule has 1 heterocycles. The lowest BCUT2D eigenvalue weighted by Gasteiger charge is -2.11. The van der Waals surface area contributed by atoms with Crippen LogP contribution in [0.5, 0.6) is 0 Å². The molecule has 0 spiro atoms. The number of aromatic nitrogens is 2. The van der Waals surface area contributed by atoms with Crippen molar-refractivity contribution in [3.63, 3.8) is 0 Å². The molecule has 0 aliphatic rings. The van der Waals surface area contributed by atoms with Crippen LogP contribution in [-0.2, 0) is 0 Å². The van der Waals surface area contributed by atoms with E-state index in [2.05, 4.69) is 34.4 Å². The zero-order chi connectivity index (χ0) is 13.0. The minimum Gasteiger partial charge on any atom is -0.369 e. The van der Waals surface area contributed by atoms with Crippen LogP contribution in [0.1, 0.15) is 20.3 Å². The Kier molecular flexibility index (Phi) is 3.97. The average molecular weight is 244 g/mol. The number of nitrogens with one attached hydrogen (secondary N) is 2. The second-order valence-electron chi connectivity index (χ2n) is 4.77. The smallest absolute Gasteiger partial charge is 0.224 e. The largest absolute Gasteiger partial charge is 0.369 e. The zero-order valence-corrected chi connectivity index (χ0v) is 11.2. The molecule has 2 aromatic rings. The fourth-order valence-corrected chi connectivity index (χ4v) is 1.80. The van der Waals surface area contributed by atoms with Gasteiger partial charge in [-0.05, 0) is 24.5 Å². The lowest BCUT2D eigenvalue weighted by Crippen LogP contribution is -2.08. The van der Waals surface area contributed by atoms with Crippen LogP contribution < -0.4 is 10.6 Å². The van der Waals surface area contributed by atoms with E-state index in [9.17, 15) is 0 Å². The Balaban J connectivity index is 2.29. The molecular weight excluding hydrogens is 224 g/mol. The Morgan fingerprint density at radius 2 is 1.94 bits per heavy atom. The number of anilines is 2. The highest BCUT2D eigenvalue weighted by molar-refractivity contribution is 5.89. The van der Waals surface area contributed by atoms with E-state index < -0.39 is 0 Å². The van der Waals surface area contributed by atoms with Crippen LogP contribution in [0.3, 0.4) is 0 Å². The Hall–Kier alpha value is -1.84. The van der Waals surface area contributed by atoms with Crippen molar-refractivity contribution in [1.29, 1.82) is 0 Å². The molecule has 0 saturated carbocycles. The summed E-state index contributed by atoms with van der Waals surface area (Å²) in [6.45, 7) is 5.37. The molecule has 1 aromatic carbocycles. The normalized spacial score (nSPS) is 10.9. The number of fused-ring (bicyclic) bond motifs is 1. The van der Waals surface area contributed by atoms with E-state index in [4.69, 9.17) is 0 Å². The van der Waals surface area contributed by atoms with Gasteiger partial charge in [-0.3, -0.25) is 0 Å². The van der Waals surface area contributed by atoms with Gasteiger partial charge >= 0.3 is 0 Å². The van der Waals surface area contributed by atoms with Crippen molar-refractivity contribution in [2.24, 2.45) is 5.92 Å². The summed E-state index contributed by atoms with van der Waals surface area (Å²) in [5.41, 5.74) is 0.962. The van der Waals surface area contributed by atoms with E-state index in [1.165, 1.54) is 0 Å². The maximum absolute atomic E-state index is 4.48. The summed E-state index contributed by atoms with van der Waals surface area (Å²) in [6.07, 6.45) is 1.13. The van der Waals surface area contributed by atoms with Crippen molar-refractivity contribution in [2.45, 2.75) is 20.3 Å². The Labute approximate surface area is 108 Å². The van der Waals surface area contributed by atoms with Gasteiger partial charge in [0.15, 0.2) is 0 Å². The van der Waals surface area contributed by atoms with Crippen LogP contribution in [0.2, 0.25) is 0 Å². The minimum absolute atomic E-state index is 0.653. The first kappa shape index (κ1) is 12.6. The van der Waals surface area contributed by atoms with Crippen molar-refractivity contribution in [2.75, 3.05) is 24.2 Å². The summed E-state index contributed by atoms with van der Waals surface area (Å²) in [4.78, 5) is 8.92. The van der Waals surface area contributed by atoms with E-state index in [0.717, 1.165) is 29.7 Å². The number of benzene rings is 1. The molecule has 0 bridgehead atoms. The molecule has 1 aromatic heterocycles. The van der Waals surface area contributed by atoms with Gasteiger partial charge in [0.1, 0.15) is 5.82 Å². The topological polar surface area (TPSA) is 49.8 Å². The second kappa shape index (κ2) is 5.67. The fraction of sp³-hybridized carbons (Fsp3) is 0.429. The molecule has 0 aliphatic heterocycles. The van der Waals surface area contributed by atoms with Gasteiger partial charge in [0, 0.05) is 19.0 Å². The van der Waals surface area contributed by atoms with Gasteiger partial charge in [-0.25, -0.2) is 4.98 Å². The van der Waals surface area contributed by atoms with Gasteiger partial charge in [-0.1, -0.05) is 26.0 Å². The quantitative estimate of drug-likeness (QED) is 0.848. The lowest BCUT2D eigenvalue weighted by molar-refractivity contribution is 0.607. The molecule has 0 atom stereocenters. The molecule has 96 valence electrons. The van der Waals surface area contributed by atoms with Gasteiger partial charge in [0.05, 0.1) is 5.52 Å². The van der Waals surface area contributed by atoms with Crippen LogP contribution in [0, 0.1) is 5.92 Å².